The standard InChI is InChI=1S/C12H7BrCl3N3O/c13-5-1-9(11(16)18-4-5)19-12(20)7-2-6(17)3-8(14)10(7)15/h1-4H,17H2,(H,19,20). The summed E-state index contributed by atoms with van der Waals surface area (Å²) in [4.78, 5) is 16.1. The van der Waals surface area contributed by atoms with Crippen LogP contribution in [0.1, 0.15) is 10.4 Å². The molecule has 0 aliphatic rings. The molecular weight excluding hydrogens is 388 g/mol. The number of benzene rings is 1. The highest BCUT2D eigenvalue weighted by Gasteiger charge is 2.16. The summed E-state index contributed by atoms with van der Waals surface area (Å²) >= 11 is 21.0. The van der Waals surface area contributed by atoms with E-state index < -0.39 is 5.91 Å². The van der Waals surface area contributed by atoms with Gasteiger partial charge in [0.25, 0.3) is 5.91 Å². The molecule has 0 atom stereocenters. The molecule has 0 saturated carbocycles. The van der Waals surface area contributed by atoms with Gasteiger partial charge in [0, 0.05) is 16.4 Å². The van der Waals surface area contributed by atoms with Crippen molar-refractivity contribution in [1.29, 1.82) is 0 Å². The first-order valence-electron chi connectivity index (χ1n) is 5.25. The fourth-order valence-corrected chi connectivity index (χ4v) is 2.38. The van der Waals surface area contributed by atoms with Crippen molar-refractivity contribution >= 4 is 68.0 Å². The normalized spacial score (nSPS) is 10.4. The summed E-state index contributed by atoms with van der Waals surface area (Å²) in [6, 6.07) is 4.52. The number of carbonyl (C=O) groups excluding carboxylic acids is 1. The van der Waals surface area contributed by atoms with Crippen LogP contribution in [0.4, 0.5) is 11.4 Å². The van der Waals surface area contributed by atoms with E-state index in [1.165, 1.54) is 18.3 Å². The van der Waals surface area contributed by atoms with Gasteiger partial charge >= 0.3 is 0 Å². The Labute approximate surface area is 138 Å². The molecule has 1 aromatic heterocycles. The smallest absolute Gasteiger partial charge is 0.257 e. The van der Waals surface area contributed by atoms with Gasteiger partial charge in [-0.3, -0.25) is 4.79 Å². The highest BCUT2D eigenvalue weighted by molar-refractivity contribution is 9.10. The number of carbonyl (C=O) groups is 1. The minimum atomic E-state index is -0.481. The zero-order valence-electron chi connectivity index (χ0n) is 9.75. The van der Waals surface area contributed by atoms with Gasteiger partial charge in [-0.25, -0.2) is 4.98 Å². The van der Waals surface area contributed by atoms with E-state index in [4.69, 9.17) is 40.5 Å². The van der Waals surface area contributed by atoms with Crippen LogP contribution in [0.15, 0.2) is 28.9 Å². The van der Waals surface area contributed by atoms with Crippen molar-refractivity contribution in [2.75, 3.05) is 11.1 Å². The van der Waals surface area contributed by atoms with E-state index in [0.717, 1.165) is 0 Å². The molecule has 0 aliphatic heterocycles. The van der Waals surface area contributed by atoms with Crippen LogP contribution in [0.2, 0.25) is 15.2 Å². The van der Waals surface area contributed by atoms with Crippen LogP contribution in [-0.2, 0) is 0 Å². The molecule has 1 amide bonds. The lowest BCUT2D eigenvalue weighted by atomic mass is 10.2. The minimum absolute atomic E-state index is 0.123. The van der Waals surface area contributed by atoms with E-state index in [0.29, 0.717) is 15.8 Å². The van der Waals surface area contributed by atoms with Gasteiger partial charge in [-0.15, -0.1) is 0 Å². The molecule has 1 aromatic carbocycles. The van der Waals surface area contributed by atoms with Crippen molar-refractivity contribution in [2.24, 2.45) is 0 Å². The van der Waals surface area contributed by atoms with E-state index in [2.05, 4.69) is 26.2 Å². The number of nitrogens with one attached hydrogen (secondary N) is 1. The topological polar surface area (TPSA) is 68.0 Å². The predicted molar refractivity (Wildman–Crippen MR) is 85.8 cm³/mol. The van der Waals surface area contributed by atoms with Crippen LogP contribution >= 0.6 is 50.7 Å². The molecule has 3 N–H and O–H groups in total. The number of rotatable bonds is 2. The summed E-state index contributed by atoms with van der Waals surface area (Å²) in [6.45, 7) is 0. The molecule has 0 radical (unpaired) electrons. The Morgan fingerprint density at radius 3 is 2.65 bits per heavy atom. The number of anilines is 2. The molecule has 104 valence electrons. The van der Waals surface area contributed by atoms with E-state index in [1.807, 2.05) is 0 Å². The van der Waals surface area contributed by atoms with Crippen LogP contribution in [0.3, 0.4) is 0 Å². The van der Waals surface area contributed by atoms with Gasteiger partial charge in [-0.2, -0.15) is 0 Å². The molecule has 0 aliphatic carbocycles. The maximum atomic E-state index is 12.2. The lowest BCUT2D eigenvalue weighted by molar-refractivity contribution is 0.102. The maximum Gasteiger partial charge on any atom is 0.257 e. The Balaban J connectivity index is 2.35. The molecule has 0 bridgehead atoms. The summed E-state index contributed by atoms with van der Waals surface area (Å²) in [5.74, 6) is -0.481. The summed E-state index contributed by atoms with van der Waals surface area (Å²) < 4.78 is 0.675. The van der Waals surface area contributed by atoms with Gasteiger partial charge in [-0.05, 0) is 34.1 Å². The second kappa shape index (κ2) is 6.18. The quantitative estimate of drug-likeness (QED) is 0.575. The molecule has 0 fully saturated rings. The van der Waals surface area contributed by atoms with Crippen LogP contribution < -0.4 is 11.1 Å². The number of hydrogen-bond acceptors (Lipinski definition) is 3. The van der Waals surface area contributed by atoms with Crippen molar-refractivity contribution in [3.8, 4) is 0 Å². The van der Waals surface area contributed by atoms with Gasteiger partial charge < -0.3 is 11.1 Å². The first kappa shape index (κ1) is 15.4. The fraction of sp³-hybridized carbons (Fsp3) is 0. The average molecular weight is 395 g/mol. The summed E-state index contributed by atoms with van der Waals surface area (Å²) in [7, 11) is 0. The molecule has 8 heteroatoms. The van der Waals surface area contributed by atoms with Crippen molar-refractivity contribution < 1.29 is 4.79 Å². The van der Waals surface area contributed by atoms with Gasteiger partial charge in [-0.1, -0.05) is 34.8 Å². The first-order valence-corrected chi connectivity index (χ1v) is 7.18. The lowest BCUT2D eigenvalue weighted by Gasteiger charge is -2.10. The number of hydrogen-bond donors (Lipinski definition) is 2. The van der Waals surface area contributed by atoms with Crippen molar-refractivity contribution in [3.05, 3.63) is 49.6 Å². The van der Waals surface area contributed by atoms with E-state index in [-0.39, 0.29) is 20.8 Å². The van der Waals surface area contributed by atoms with E-state index >= 15 is 0 Å². The monoisotopic (exact) mass is 393 g/mol. The maximum absolute atomic E-state index is 12.2. The van der Waals surface area contributed by atoms with E-state index in [9.17, 15) is 4.79 Å². The second-order valence-corrected chi connectivity index (χ2v) is 5.87. The molecule has 4 nitrogen and oxygen atoms in total. The van der Waals surface area contributed by atoms with E-state index in [1.54, 1.807) is 6.07 Å². The number of pyridine rings is 1. The average Bonchev–Trinajstić information content (AvgIpc) is 2.38. The van der Waals surface area contributed by atoms with Crippen LogP contribution in [0, 0.1) is 0 Å². The highest BCUT2D eigenvalue weighted by Crippen LogP contribution is 2.30. The molecule has 2 aromatic rings. The van der Waals surface area contributed by atoms with Crippen LogP contribution in [0.5, 0.6) is 0 Å². The third-order valence-electron chi connectivity index (χ3n) is 2.35. The lowest BCUT2D eigenvalue weighted by Crippen LogP contribution is -2.13. The Morgan fingerprint density at radius 2 is 1.95 bits per heavy atom. The fourth-order valence-electron chi connectivity index (χ4n) is 1.48. The Hall–Kier alpha value is -1.01. The highest BCUT2D eigenvalue weighted by atomic mass is 79.9. The largest absolute Gasteiger partial charge is 0.399 e. The number of nitrogen functional groups attached to an aromatic ring is 1. The Kier molecular flexibility index (Phi) is 4.75. The molecule has 20 heavy (non-hydrogen) atoms. The third-order valence-corrected chi connectivity index (χ3v) is 3.89. The Bertz CT molecular complexity index is 694. The van der Waals surface area contributed by atoms with Gasteiger partial charge in [0.2, 0.25) is 0 Å². The van der Waals surface area contributed by atoms with Crippen molar-refractivity contribution in [3.63, 3.8) is 0 Å². The SMILES string of the molecule is Nc1cc(Cl)c(Cl)c(C(=O)Nc2cc(Br)cnc2Cl)c1. The zero-order valence-corrected chi connectivity index (χ0v) is 13.6. The van der Waals surface area contributed by atoms with Crippen molar-refractivity contribution in [2.45, 2.75) is 0 Å². The molecule has 0 unspecified atom stereocenters. The molecule has 2 rings (SSSR count). The summed E-state index contributed by atoms with van der Waals surface area (Å²) in [6.07, 6.45) is 1.52. The molecule has 1 heterocycles. The summed E-state index contributed by atoms with van der Waals surface area (Å²) in [5.41, 5.74) is 6.49. The molecule has 0 saturated heterocycles. The van der Waals surface area contributed by atoms with Crippen molar-refractivity contribution in [1.82, 2.24) is 4.98 Å². The Morgan fingerprint density at radius 1 is 1.25 bits per heavy atom. The summed E-state index contributed by atoms with van der Waals surface area (Å²) in [5, 5.41) is 3.09. The number of halogens is 4. The third kappa shape index (κ3) is 3.35. The number of amides is 1. The first-order chi connectivity index (χ1) is 9.38. The molecular formula is C12H7BrCl3N3O. The van der Waals surface area contributed by atoms with Gasteiger partial charge in [0.1, 0.15) is 0 Å². The second-order valence-electron chi connectivity index (χ2n) is 3.81. The minimum Gasteiger partial charge on any atom is -0.399 e. The van der Waals surface area contributed by atoms with Crippen LogP contribution in [0.25, 0.3) is 0 Å². The molecule has 0 spiro atoms. The predicted octanol–water partition coefficient (Wildman–Crippen LogP) is 4.64. The van der Waals surface area contributed by atoms with Gasteiger partial charge in [0.15, 0.2) is 5.15 Å². The van der Waals surface area contributed by atoms with Gasteiger partial charge in [0.05, 0.1) is 21.3 Å². The zero-order chi connectivity index (χ0) is 14.9. The number of nitrogens with zero attached hydrogens (tertiary/aromatic N) is 1. The van der Waals surface area contributed by atoms with Crippen LogP contribution in [-0.4, -0.2) is 10.9 Å². The number of nitrogens with two attached hydrogens (primary N) is 1. The number of aromatic nitrogens is 1.